The molecule has 0 aromatic heterocycles. The van der Waals surface area contributed by atoms with Gasteiger partial charge in [-0.1, -0.05) is 31.9 Å². The number of nitrogens with one attached hydrogen (secondary N) is 1. The van der Waals surface area contributed by atoms with Crippen molar-refractivity contribution in [3.63, 3.8) is 0 Å². The molecule has 9 nitrogen and oxygen atoms in total. The number of hydrogen-bond acceptors (Lipinski definition) is 7. The molecule has 0 aliphatic carbocycles. The van der Waals surface area contributed by atoms with Gasteiger partial charge in [0.15, 0.2) is 9.84 Å². The number of piperazine rings is 1. The van der Waals surface area contributed by atoms with Crippen LogP contribution in [0.4, 0.5) is 0 Å². The number of aliphatic imine (C=N–C) groups is 1. The fourth-order valence-electron chi connectivity index (χ4n) is 4.61. The van der Waals surface area contributed by atoms with Gasteiger partial charge >= 0.3 is 0 Å². The molecule has 11 heteroatoms. The molecule has 1 aromatic rings. The van der Waals surface area contributed by atoms with Gasteiger partial charge in [-0.25, -0.2) is 16.8 Å². The molecule has 3 heterocycles. The number of benzene rings is 1. The third-order valence-electron chi connectivity index (χ3n) is 6.41. The monoisotopic (exact) mass is 482 g/mol. The highest BCUT2D eigenvalue weighted by molar-refractivity contribution is 7.91. The van der Waals surface area contributed by atoms with E-state index in [-0.39, 0.29) is 34.2 Å². The van der Waals surface area contributed by atoms with E-state index in [0.717, 1.165) is 12.8 Å². The standard InChI is InChI=1S/C21H30N4O5S2/c1-2-3-7-18(22-20-17-6-4-5-8-19(17)32(29,30)23-20)21(26)25-12-10-24(11-13-25)16-9-14-31(27,28)15-16/h4-6,8,16,18H,2-3,7,9-15H2,1H3,(H,22,23). The van der Waals surface area contributed by atoms with Crippen LogP contribution in [0.1, 0.15) is 38.2 Å². The molecule has 2 unspecified atom stereocenters. The molecular formula is C21H30N4O5S2. The van der Waals surface area contributed by atoms with Crippen molar-refractivity contribution in [2.24, 2.45) is 4.99 Å². The molecule has 0 saturated carbocycles. The molecule has 0 spiro atoms. The van der Waals surface area contributed by atoms with E-state index >= 15 is 0 Å². The predicted molar refractivity (Wildman–Crippen MR) is 122 cm³/mol. The van der Waals surface area contributed by atoms with Gasteiger partial charge in [-0.2, -0.15) is 0 Å². The first-order valence-electron chi connectivity index (χ1n) is 11.1. The fourth-order valence-corrected chi connectivity index (χ4v) is 7.61. The molecule has 2 atom stereocenters. The Bertz CT molecular complexity index is 1110. The molecule has 0 bridgehead atoms. The van der Waals surface area contributed by atoms with Gasteiger partial charge < -0.3 is 4.90 Å². The van der Waals surface area contributed by atoms with E-state index in [0.29, 0.717) is 44.6 Å². The van der Waals surface area contributed by atoms with E-state index in [1.807, 2.05) is 6.92 Å². The Kier molecular flexibility index (Phi) is 6.60. The summed E-state index contributed by atoms with van der Waals surface area (Å²) in [6.07, 6.45) is 2.91. The second-order valence-electron chi connectivity index (χ2n) is 8.66. The van der Waals surface area contributed by atoms with E-state index in [9.17, 15) is 21.6 Å². The van der Waals surface area contributed by atoms with Crippen molar-refractivity contribution >= 4 is 31.6 Å². The summed E-state index contributed by atoms with van der Waals surface area (Å²) in [6, 6.07) is 6.03. The van der Waals surface area contributed by atoms with Crippen molar-refractivity contribution < 1.29 is 21.6 Å². The molecule has 1 aromatic carbocycles. The normalized spacial score (nSPS) is 26.6. The summed E-state index contributed by atoms with van der Waals surface area (Å²) in [5.74, 6) is 0.566. The van der Waals surface area contributed by atoms with Gasteiger partial charge in [-0.3, -0.25) is 19.4 Å². The molecular weight excluding hydrogens is 452 g/mol. The summed E-state index contributed by atoms with van der Waals surface area (Å²) in [6.45, 7) is 4.35. The van der Waals surface area contributed by atoms with Crippen LogP contribution >= 0.6 is 0 Å². The summed E-state index contributed by atoms with van der Waals surface area (Å²) < 4.78 is 50.9. The first-order valence-corrected chi connectivity index (χ1v) is 14.4. The number of amidine groups is 1. The van der Waals surface area contributed by atoms with Crippen LogP contribution in [-0.4, -0.2) is 88.1 Å². The molecule has 176 valence electrons. The smallest absolute Gasteiger partial charge is 0.263 e. The quantitative estimate of drug-likeness (QED) is 0.635. The molecule has 1 N–H and O–H groups in total. The number of amides is 1. The van der Waals surface area contributed by atoms with Crippen LogP contribution in [0.25, 0.3) is 0 Å². The Morgan fingerprint density at radius 2 is 1.88 bits per heavy atom. The average molecular weight is 483 g/mol. The maximum absolute atomic E-state index is 13.3. The highest BCUT2D eigenvalue weighted by Crippen LogP contribution is 2.24. The van der Waals surface area contributed by atoms with Crippen molar-refractivity contribution in [1.29, 1.82) is 0 Å². The second-order valence-corrected chi connectivity index (χ2v) is 12.5. The number of carbonyl (C=O) groups excluding carboxylic acids is 1. The largest absolute Gasteiger partial charge is 0.338 e. The van der Waals surface area contributed by atoms with Gasteiger partial charge in [0.2, 0.25) is 5.91 Å². The zero-order valence-corrected chi connectivity index (χ0v) is 19.9. The molecule has 4 rings (SSSR count). The summed E-state index contributed by atoms with van der Waals surface area (Å²) in [5.41, 5.74) is 0.495. The Balaban J connectivity index is 1.47. The Hall–Kier alpha value is -1.98. The topological polar surface area (TPSA) is 116 Å². The molecule has 0 radical (unpaired) electrons. The third-order valence-corrected chi connectivity index (χ3v) is 9.56. The van der Waals surface area contributed by atoms with Crippen LogP contribution in [0.15, 0.2) is 34.2 Å². The lowest BCUT2D eigenvalue weighted by atomic mass is 10.1. The zero-order chi connectivity index (χ0) is 22.9. The highest BCUT2D eigenvalue weighted by atomic mass is 32.2. The SMILES string of the molecule is CCCCC(N=C1NS(=O)(=O)c2ccccc21)C(=O)N1CCN(C2CCS(=O)(=O)C2)CC1. The Labute approximate surface area is 189 Å². The van der Waals surface area contributed by atoms with Crippen LogP contribution in [0.2, 0.25) is 0 Å². The minimum atomic E-state index is -3.66. The van der Waals surface area contributed by atoms with E-state index in [4.69, 9.17) is 0 Å². The fraction of sp³-hybridized carbons (Fsp3) is 0.619. The first kappa shape index (κ1) is 23.2. The Morgan fingerprint density at radius 1 is 1.16 bits per heavy atom. The number of sulfone groups is 1. The number of unbranched alkanes of at least 4 members (excludes halogenated alkanes) is 1. The van der Waals surface area contributed by atoms with E-state index in [2.05, 4.69) is 14.6 Å². The second kappa shape index (κ2) is 9.11. The molecule has 32 heavy (non-hydrogen) atoms. The summed E-state index contributed by atoms with van der Waals surface area (Å²) in [5, 5.41) is 0. The summed E-state index contributed by atoms with van der Waals surface area (Å²) >= 11 is 0. The number of rotatable bonds is 6. The van der Waals surface area contributed by atoms with Gasteiger partial charge in [0.25, 0.3) is 10.0 Å². The van der Waals surface area contributed by atoms with Gasteiger partial charge in [0.05, 0.1) is 16.4 Å². The van der Waals surface area contributed by atoms with Crippen molar-refractivity contribution in [3.05, 3.63) is 29.8 Å². The lowest BCUT2D eigenvalue weighted by Crippen LogP contribution is -2.54. The van der Waals surface area contributed by atoms with E-state index < -0.39 is 25.9 Å². The van der Waals surface area contributed by atoms with Crippen LogP contribution in [0.5, 0.6) is 0 Å². The van der Waals surface area contributed by atoms with Crippen LogP contribution in [0.3, 0.4) is 0 Å². The van der Waals surface area contributed by atoms with Gasteiger partial charge in [0, 0.05) is 37.8 Å². The molecule has 1 amide bonds. The highest BCUT2D eigenvalue weighted by Gasteiger charge is 2.36. The van der Waals surface area contributed by atoms with Crippen molar-refractivity contribution in [2.75, 3.05) is 37.7 Å². The first-order chi connectivity index (χ1) is 15.2. The lowest BCUT2D eigenvalue weighted by molar-refractivity contribution is -0.134. The van der Waals surface area contributed by atoms with Gasteiger partial charge in [0.1, 0.15) is 11.9 Å². The van der Waals surface area contributed by atoms with Crippen molar-refractivity contribution in [3.8, 4) is 0 Å². The van der Waals surface area contributed by atoms with E-state index in [1.54, 1.807) is 23.1 Å². The number of fused-ring (bicyclic) bond motifs is 1. The van der Waals surface area contributed by atoms with Crippen LogP contribution < -0.4 is 4.72 Å². The average Bonchev–Trinajstić information content (AvgIpc) is 3.27. The molecule has 2 saturated heterocycles. The van der Waals surface area contributed by atoms with Crippen LogP contribution in [0, 0.1) is 0 Å². The zero-order valence-electron chi connectivity index (χ0n) is 18.2. The number of sulfonamides is 1. The molecule has 2 fully saturated rings. The third kappa shape index (κ3) is 4.84. The van der Waals surface area contributed by atoms with Crippen LogP contribution in [-0.2, 0) is 24.7 Å². The van der Waals surface area contributed by atoms with Crippen molar-refractivity contribution in [2.45, 2.75) is 49.6 Å². The maximum atomic E-state index is 13.3. The Morgan fingerprint density at radius 3 is 2.53 bits per heavy atom. The minimum Gasteiger partial charge on any atom is -0.338 e. The van der Waals surface area contributed by atoms with Gasteiger partial charge in [-0.05, 0) is 25.0 Å². The lowest BCUT2D eigenvalue weighted by Gasteiger charge is -2.38. The predicted octanol–water partition coefficient (Wildman–Crippen LogP) is 0.615. The van der Waals surface area contributed by atoms with E-state index in [1.165, 1.54) is 6.07 Å². The van der Waals surface area contributed by atoms with Gasteiger partial charge in [-0.15, -0.1) is 0 Å². The maximum Gasteiger partial charge on any atom is 0.263 e. The number of nitrogens with zero attached hydrogens (tertiary/aromatic N) is 3. The summed E-state index contributed by atoms with van der Waals surface area (Å²) in [7, 11) is -6.60. The number of hydrogen-bond donors (Lipinski definition) is 1. The minimum absolute atomic E-state index is 0.0396. The summed E-state index contributed by atoms with van der Waals surface area (Å²) in [4.78, 5) is 22.0. The number of carbonyl (C=O) groups is 1. The molecule has 3 aliphatic heterocycles. The van der Waals surface area contributed by atoms with Crippen molar-refractivity contribution in [1.82, 2.24) is 14.5 Å². The molecule has 3 aliphatic rings.